The van der Waals surface area contributed by atoms with Gasteiger partial charge >= 0.3 is 12.0 Å². The highest BCUT2D eigenvalue weighted by atomic mass is 32.2. The van der Waals surface area contributed by atoms with Crippen LogP contribution in [0.1, 0.15) is 6.92 Å². The predicted octanol–water partition coefficient (Wildman–Crippen LogP) is 0.390. The van der Waals surface area contributed by atoms with Gasteiger partial charge in [0, 0.05) is 7.05 Å². The van der Waals surface area contributed by atoms with E-state index >= 15 is 0 Å². The van der Waals surface area contributed by atoms with E-state index in [-0.39, 0.29) is 5.75 Å². The average molecular weight is 217 g/mol. The third-order valence-corrected chi connectivity index (χ3v) is 2.40. The van der Waals surface area contributed by atoms with Crippen LogP contribution < -0.4 is 4.74 Å². The van der Waals surface area contributed by atoms with Crippen molar-refractivity contribution in [1.82, 2.24) is 14.8 Å². The number of carboxylic acids is 1. The zero-order valence-corrected chi connectivity index (χ0v) is 8.74. The largest absolute Gasteiger partial charge is 0.481 e. The van der Waals surface area contributed by atoms with E-state index in [0.717, 1.165) is 11.8 Å². The number of hydrogen-bond acceptors (Lipinski definition) is 5. The van der Waals surface area contributed by atoms with Gasteiger partial charge in [0.25, 0.3) is 0 Å². The first kappa shape index (κ1) is 10.8. The van der Waals surface area contributed by atoms with Gasteiger partial charge in [0.1, 0.15) is 0 Å². The van der Waals surface area contributed by atoms with Gasteiger partial charge in [-0.3, -0.25) is 9.36 Å². The molecule has 0 unspecified atom stereocenters. The molecule has 0 aromatic carbocycles. The molecule has 6 nitrogen and oxygen atoms in total. The number of aliphatic carboxylic acids is 1. The van der Waals surface area contributed by atoms with Crippen LogP contribution >= 0.6 is 11.8 Å². The molecule has 0 bridgehead atoms. The van der Waals surface area contributed by atoms with Crippen molar-refractivity contribution in [3.05, 3.63) is 0 Å². The normalized spacial score (nSPS) is 10.1. The summed E-state index contributed by atoms with van der Waals surface area (Å²) in [5, 5.41) is 16.6. The molecule has 78 valence electrons. The van der Waals surface area contributed by atoms with Gasteiger partial charge in [-0.25, -0.2) is 0 Å². The maximum atomic E-state index is 10.3. The van der Waals surface area contributed by atoms with E-state index in [2.05, 4.69) is 10.2 Å². The van der Waals surface area contributed by atoms with Gasteiger partial charge in [-0.1, -0.05) is 16.9 Å². The van der Waals surface area contributed by atoms with Crippen molar-refractivity contribution in [3.8, 4) is 6.01 Å². The van der Waals surface area contributed by atoms with Crippen LogP contribution in [0.4, 0.5) is 0 Å². The fraction of sp³-hybridized carbons (Fsp3) is 0.571. The lowest BCUT2D eigenvalue weighted by molar-refractivity contribution is -0.133. The Bertz CT molecular complexity index is 326. The molecule has 1 N–H and O–H groups in total. The monoisotopic (exact) mass is 217 g/mol. The Hall–Kier alpha value is -1.24. The van der Waals surface area contributed by atoms with Crippen molar-refractivity contribution < 1.29 is 14.6 Å². The molecule has 7 heteroatoms. The molecular formula is C7H11N3O3S. The number of carbonyl (C=O) groups is 1. The first-order valence-electron chi connectivity index (χ1n) is 4.02. The molecule has 0 fully saturated rings. The van der Waals surface area contributed by atoms with Gasteiger partial charge in [-0.2, -0.15) is 0 Å². The van der Waals surface area contributed by atoms with E-state index in [1.165, 1.54) is 0 Å². The number of nitrogens with zero attached hydrogens (tertiary/aromatic N) is 3. The summed E-state index contributed by atoms with van der Waals surface area (Å²) in [5.41, 5.74) is 0. The molecule has 0 radical (unpaired) electrons. The molecule has 1 aromatic rings. The first-order valence-corrected chi connectivity index (χ1v) is 5.00. The fourth-order valence-corrected chi connectivity index (χ4v) is 1.43. The van der Waals surface area contributed by atoms with Crippen LogP contribution in [0.25, 0.3) is 0 Å². The minimum Gasteiger partial charge on any atom is -0.481 e. The standard InChI is InChI=1S/C7H11N3O3S/c1-3-13-6-8-9-7(10(6)2)14-4-5(11)12/h3-4H2,1-2H3,(H,11,12). The van der Waals surface area contributed by atoms with Crippen LogP contribution in [0.5, 0.6) is 6.01 Å². The van der Waals surface area contributed by atoms with Crippen LogP contribution in [-0.2, 0) is 11.8 Å². The Balaban J connectivity index is 2.64. The molecule has 0 aliphatic heterocycles. The Labute approximate surface area is 85.3 Å². The van der Waals surface area contributed by atoms with E-state index in [1.54, 1.807) is 11.6 Å². The molecule has 14 heavy (non-hydrogen) atoms. The number of hydrogen-bond donors (Lipinski definition) is 1. The molecule has 0 saturated heterocycles. The molecule has 1 aromatic heterocycles. The lowest BCUT2D eigenvalue weighted by Gasteiger charge is -2.01. The third-order valence-electron chi connectivity index (χ3n) is 1.39. The predicted molar refractivity (Wildman–Crippen MR) is 50.5 cm³/mol. The van der Waals surface area contributed by atoms with Gasteiger partial charge in [-0.15, -0.1) is 5.10 Å². The van der Waals surface area contributed by atoms with E-state index < -0.39 is 5.97 Å². The van der Waals surface area contributed by atoms with E-state index in [1.807, 2.05) is 6.92 Å². The van der Waals surface area contributed by atoms with Gasteiger partial charge in [0.2, 0.25) is 0 Å². The number of rotatable bonds is 5. The second-order valence-electron chi connectivity index (χ2n) is 2.44. The first-order chi connectivity index (χ1) is 6.65. The van der Waals surface area contributed by atoms with E-state index in [0.29, 0.717) is 17.8 Å². The SMILES string of the molecule is CCOc1nnc(SCC(=O)O)n1C. The van der Waals surface area contributed by atoms with Gasteiger partial charge in [0.05, 0.1) is 12.4 Å². The molecule has 0 saturated carbocycles. The van der Waals surface area contributed by atoms with Crippen molar-refractivity contribution in [2.75, 3.05) is 12.4 Å². The second kappa shape index (κ2) is 4.85. The minimum atomic E-state index is -0.879. The van der Waals surface area contributed by atoms with Crippen LogP contribution in [0.2, 0.25) is 0 Å². The summed E-state index contributed by atoms with van der Waals surface area (Å²) in [4.78, 5) is 10.3. The van der Waals surface area contributed by atoms with E-state index in [4.69, 9.17) is 9.84 Å². The molecular weight excluding hydrogens is 206 g/mol. The lowest BCUT2D eigenvalue weighted by atomic mass is 10.8. The van der Waals surface area contributed by atoms with Crippen molar-refractivity contribution in [2.24, 2.45) is 7.05 Å². The Morgan fingerprint density at radius 3 is 2.93 bits per heavy atom. The maximum Gasteiger partial charge on any atom is 0.317 e. The third kappa shape index (κ3) is 2.63. The van der Waals surface area contributed by atoms with Gasteiger partial charge in [-0.05, 0) is 6.92 Å². The zero-order chi connectivity index (χ0) is 10.6. The van der Waals surface area contributed by atoms with Crippen molar-refractivity contribution >= 4 is 17.7 Å². The lowest BCUT2D eigenvalue weighted by Crippen LogP contribution is -2.02. The fourth-order valence-electron chi connectivity index (χ4n) is 0.808. The van der Waals surface area contributed by atoms with Crippen LogP contribution in [0.15, 0.2) is 5.16 Å². The number of ether oxygens (including phenoxy) is 1. The van der Waals surface area contributed by atoms with Crippen LogP contribution in [-0.4, -0.2) is 38.2 Å². The highest BCUT2D eigenvalue weighted by Gasteiger charge is 2.10. The second-order valence-corrected chi connectivity index (χ2v) is 3.38. The highest BCUT2D eigenvalue weighted by molar-refractivity contribution is 7.99. The Morgan fingerprint density at radius 2 is 2.36 bits per heavy atom. The number of carboxylic acid groups (broad SMARTS) is 1. The topological polar surface area (TPSA) is 77.2 Å². The number of thioether (sulfide) groups is 1. The quantitative estimate of drug-likeness (QED) is 0.719. The minimum absolute atomic E-state index is 0.0297. The maximum absolute atomic E-state index is 10.3. The zero-order valence-electron chi connectivity index (χ0n) is 7.93. The van der Waals surface area contributed by atoms with Crippen LogP contribution in [0, 0.1) is 0 Å². The molecule has 1 heterocycles. The molecule has 0 amide bonds. The van der Waals surface area contributed by atoms with E-state index in [9.17, 15) is 4.79 Å². The van der Waals surface area contributed by atoms with Gasteiger partial charge in [0.15, 0.2) is 5.16 Å². The summed E-state index contributed by atoms with van der Waals surface area (Å²) in [6, 6.07) is 0.403. The molecule has 0 aliphatic carbocycles. The summed E-state index contributed by atoms with van der Waals surface area (Å²) < 4.78 is 6.77. The number of aromatic nitrogens is 3. The average Bonchev–Trinajstić information content (AvgIpc) is 2.46. The van der Waals surface area contributed by atoms with Gasteiger partial charge < -0.3 is 9.84 Å². The van der Waals surface area contributed by atoms with Crippen molar-refractivity contribution in [2.45, 2.75) is 12.1 Å². The Morgan fingerprint density at radius 1 is 1.64 bits per heavy atom. The summed E-state index contributed by atoms with van der Waals surface area (Å²) >= 11 is 1.11. The molecule has 1 rings (SSSR count). The Kier molecular flexibility index (Phi) is 3.75. The summed E-state index contributed by atoms with van der Waals surface area (Å²) in [6.07, 6.45) is 0. The smallest absolute Gasteiger partial charge is 0.317 e. The van der Waals surface area contributed by atoms with Crippen LogP contribution in [0.3, 0.4) is 0 Å². The highest BCUT2D eigenvalue weighted by Crippen LogP contribution is 2.18. The molecule has 0 aliphatic rings. The van der Waals surface area contributed by atoms with Crippen molar-refractivity contribution in [3.63, 3.8) is 0 Å². The summed E-state index contributed by atoms with van der Waals surface area (Å²) in [7, 11) is 1.73. The van der Waals surface area contributed by atoms with Crippen molar-refractivity contribution in [1.29, 1.82) is 0 Å². The summed E-state index contributed by atoms with van der Waals surface area (Å²) in [6.45, 7) is 2.36. The molecule has 0 atom stereocenters. The molecule has 0 spiro atoms. The summed E-state index contributed by atoms with van der Waals surface area (Å²) in [5.74, 6) is -0.908.